The Labute approximate surface area is 223 Å². The van der Waals surface area contributed by atoms with E-state index < -0.39 is 5.97 Å². The molecule has 1 aliphatic carbocycles. The number of carbonyl (C=O) groups is 1. The van der Waals surface area contributed by atoms with Crippen LogP contribution < -0.4 is 29.6 Å². The molecule has 2 aromatic carbocycles. The molecule has 4 rings (SSSR count). The molecule has 0 atom stereocenters. The van der Waals surface area contributed by atoms with E-state index in [1.165, 1.54) is 0 Å². The highest BCUT2D eigenvalue weighted by atomic mass is 16.5. The molecule has 0 unspecified atom stereocenters. The lowest BCUT2D eigenvalue weighted by Gasteiger charge is -2.26. The van der Waals surface area contributed by atoms with Crippen molar-refractivity contribution in [1.29, 1.82) is 0 Å². The summed E-state index contributed by atoms with van der Waals surface area (Å²) in [6.45, 7) is 3.10. The van der Waals surface area contributed by atoms with Crippen LogP contribution in [0.2, 0.25) is 0 Å². The summed E-state index contributed by atoms with van der Waals surface area (Å²) in [5.74, 6) is 0.315. The van der Waals surface area contributed by atoms with E-state index in [0.717, 1.165) is 27.6 Å². The molecule has 1 heterocycles. The number of carbonyl (C=O) groups excluding carboxylic acids is 1. The second-order valence-corrected chi connectivity index (χ2v) is 9.72. The number of benzene rings is 3. The van der Waals surface area contributed by atoms with Gasteiger partial charge < -0.3 is 34.0 Å². The fourth-order valence-electron chi connectivity index (χ4n) is 4.75. The molecule has 2 aliphatic rings. The molecule has 0 aromatic heterocycles. The fourth-order valence-corrected chi connectivity index (χ4v) is 4.75. The van der Waals surface area contributed by atoms with Gasteiger partial charge in [0.25, 0.3) is 0 Å². The predicted molar refractivity (Wildman–Crippen MR) is 150 cm³/mol. The Morgan fingerprint density at radius 3 is 2.47 bits per heavy atom. The van der Waals surface area contributed by atoms with E-state index >= 15 is 0 Å². The Balaban J connectivity index is 1.97. The second-order valence-electron chi connectivity index (χ2n) is 9.72. The molecular weight excluding hydrogens is 482 g/mol. The van der Waals surface area contributed by atoms with Gasteiger partial charge in [0, 0.05) is 79.1 Å². The highest BCUT2D eigenvalue weighted by Crippen LogP contribution is 2.47. The number of nitrogens with zero attached hydrogens (tertiary/aromatic N) is 3. The number of phenols is 1. The fraction of sp³-hybridized carbons (Fsp3) is 0.333. The SMILES string of the molecule is CCN(CCCC(=O)[O-])c1cc(O)c(-c2c3ccc(=[N+](C)C)cc-3oc3cc(N(C)C)ccc23)cc1OC. The molecule has 0 fully saturated rings. The molecular formula is C30H35N3O5. The van der Waals surface area contributed by atoms with Gasteiger partial charge in [0.1, 0.15) is 36.9 Å². The molecule has 1 aliphatic heterocycles. The van der Waals surface area contributed by atoms with Crippen molar-refractivity contribution in [3.05, 3.63) is 53.9 Å². The molecule has 0 radical (unpaired) electrons. The predicted octanol–water partition coefficient (Wildman–Crippen LogP) is 3.37. The van der Waals surface area contributed by atoms with Crippen molar-refractivity contribution in [3.63, 3.8) is 0 Å². The molecule has 2 aromatic rings. The Kier molecular flexibility index (Phi) is 7.80. The van der Waals surface area contributed by atoms with Crippen LogP contribution in [0.15, 0.2) is 52.9 Å². The van der Waals surface area contributed by atoms with Crippen molar-refractivity contribution in [2.45, 2.75) is 19.8 Å². The number of carboxylic acids is 1. The number of fused-ring (bicyclic) bond motifs is 2. The Morgan fingerprint density at radius 1 is 1.08 bits per heavy atom. The van der Waals surface area contributed by atoms with Crippen molar-refractivity contribution in [2.24, 2.45) is 0 Å². The van der Waals surface area contributed by atoms with Crippen LogP contribution in [0.5, 0.6) is 11.5 Å². The second kappa shape index (κ2) is 11.0. The van der Waals surface area contributed by atoms with Crippen LogP contribution in [0, 0.1) is 0 Å². The highest BCUT2D eigenvalue weighted by Gasteiger charge is 2.23. The van der Waals surface area contributed by atoms with Crippen molar-refractivity contribution in [3.8, 4) is 33.9 Å². The first-order chi connectivity index (χ1) is 18.1. The molecule has 0 bridgehead atoms. The summed E-state index contributed by atoms with van der Waals surface area (Å²) in [7, 11) is 9.52. The summed E-state index contributed by atoms with van der Waals surface area (Å²) in [5.41, 5.74) is 4.74. The topological polar surface area (TPSA) is 92.2 Å². The largest absolute Gasteiger partial charge is 0.550 e. The summed E-state index contributed by atoms with van der Waals surface area (Å²) >= 11 is 0. The number of hydrogen-bond donors (Lipinski definition) is 1. The maximum Gasteiger partial charge on any atom is 0.203 e. The van der Waals surface area contributed by atoms with Crippen LogP contribution >= 0.6 is 0 Å². The minimum atomic E-state index is -1.07. The number of aromatic hydroxyl groups is 1. The van der Waals surface area contributed by atoms with Gasteiger partial charge in [-0.2, -0.15) is 0 Å². The lowest BCUT2D eigenvalue weighted by atomic mass is 9.92. The van der Waals surface area contributed by atoms with Crippen molar-refractivity contribution in [1.82, 2.24) is 4.58 Å². The molecule has 0 spiro atoms. The van der Waals surface area contributed by atoms with E-state index in [9.17, 15) is 15.0 Å². The summed E-state index contributed by atoms with van der Waals surface area (Å²) in [4.78, 5) is 14.9. The molecule has 200 valence electrons. The highest BCUT2D eigenvalue weighted by molar-refractivity contribution is 6.04. The quantitative estimate of drug-likeness (QED) is 0.269. The van der Waals surface area contributed by atoms with E-state index in [1.54, 1.807) is 13.2 Å². The molecule has 8 heteroatoms. The lowest BCUT2D eigenvalue weighted by molar-refractivity contribution is -0.305. The van der Waals surface area contributed by atoms with Crippen LogP contribution in [0.4, 0.5) is 11.4 Å². The minimum Gasteiger partial charge on any atom is -0.550 e. The van der Waals surface area contributed by atoms with E-state index in [1.807, 2.05) is 92.0 Å². The van der Waals surface area contributed by atoms with E-state index in [4.69, 9.17) is 9.15 Å². The standard InChI is InChI=1S/C30H35N3O5/c1-7-33(14-8-9-29(35)36)24-18-25(34)23(17-28(24)37-6)30-21-12-10-19(31(2)3)15-26(21)38-27-16-20(32(4)5)11-13-22(27)30/h10-13,15-18H,7-9,14H2,1-6H3,(H,35,36). The normalized spacial score (nSPS) is 11.1. The summed E-state index contributed by atoms with van der Waals surface area (Å²) < 4.78 is 14.2. The lowest BCUT2D eigenvalue weighted by Crippen LogP contribution is -2.27. The van der Waals surface area contributed by atoms with E-state index in [2.05, 4.69) is 0 Å². The number of carboxylic acid groups (broad SMARTS) is 1. The van der Waals surface area contributed by atoms with Crippen molar-refractivity contribution in [2.75, 3.05) is 58.2 Å². The Bertz CT molecular complexity index is 1520. The summed E-state index contributed by atoms with van der Waals surface area (Å²) in [5, 5.41) is 24.2. The van der Waals surface area contributed by atoms with E-state index in [-0.39, 0.29) is 12.2 Å². The monoisotopic (exact) mass is 517 g/mol. The summed E-state index contributed by atoms with van der Waals surface area (Å²) in [6.07, 6.45) is 0.401. The maximum absolute atomic E-state index is 11.4. The molecule has 0 saturated heterocycles. The third-order valence-electron chi connectivity index (χ3n) is 6.82. The van der Waals surface area contributed by atoms with Gasteiger partial charge >= 0.3 is 0 Å². The van der Waals surface area contributed by atoms with Gasteiger partial charge in [-0.05, 0) is 44.0 Å². The zero-order valence-corrected chi connectivity index (χ0v) is 22.9. The molecule has 0 saturated carbocycles. The van der Waals surface area contributed by atoms with E-state index in [0.29, 0.717) is 47.9 Å². The Morgan fingerprint density at radius 2 is 1.84 bits per heavy atom. The van der Waals surface area contributed by atoms with Gasteiger partial charge in [-0.25, -0.2) is 4.58 Å². The average Bonchev–Trinajstić information content (AvgIpc) is 2.89. The minimum absolute atomic E-state index is 0.0295. The first-order valence-corrected chi connectivity index (χ1v) is 12.7. The third kappa shape index (κ3) is 5.25. The Hall–Kier alpha value is -4.20. The van der Waals surface area contributed by atoms with Gasteiger partial charge in [0.15, 0.2) is 0 Å². The van der Waals surface area contributed by atoms with Gasteiger partial charge in [0.05, 0.1) is 18.9 Å². The van der Waals surface area contributed by atoms with Crippen LogP contribution in [0.3, 0.4) is 0 Å². The van der Waals surface area contributed by atoms with Crippen molar-refractivity contribution >= 4 is 28.3 Å². The number of aliphatic carboxylic acids is 1. The van der Waals surface area contributed by atoms with Crippen LogP contribution in [-0.4, -0.2) is 59.5 Å². The zero-order chi connectivity index (χ0) is 27.6. The molecule has 0 amide bonds. The summed E-state index contributed by atoms with van der Waals surface area (Å²) in [6, 6.07) is 15.6. The first-order valence-electron chi connectivity index (χ1n) is 12.7. The average molecular weight is 518 g/mol. The zero-order valence-electron chi connectivity index (χ0n) is 22.9. The van der Waals surface area contributed by atoms with Crippen LogP contribution in [0.25, 0.3) is 33.4 Å². The number of rotatable bonds is 9. The van der Waals surface area contributed by atoms with Gasteiger partial charge in [-0.15, -0.1) is 0 Å². The van der Waals surface area contributed by atoms with Gasteiger partial charge in [0.2, 0.25) is 5.36 Å². The molecule has 1 N–H and O–H groups in total. The number of hydrogen-bond acceptors (Lipinski definition) is 7. The van der Waals surface area contributed by atoms with Crippen LogP contribution in [-0.2, 0) is 4.79 Å². The molecule has 38 heavy (non-hydrogen) atoms. The van der Waals surface area contributed by atoms with Crippen molar-refractivity contribution < 1.29 is 24.2 Å². The van der Waals surface area contributed by atoms with Gasteiger partial charge in [-0.3, -0.25) is 0 Å². The smallest absolute Gasteiger partial charge is 0.203 e. The maximum atomic E-state index is 11.4. The number of anilines is 2. The van der Waals surface area contributed by atoms with Gasteiger partial charge in [-0.1, -0.05) is 0 Å². The number of ether oxygens (including phenoxy) is 1. The number of phenolic OH excluding ortho intramolecular Hbond substituents is 1. The number of methoxy groups -OCH3 is 1. The first kappa shape index (κ1) is 26.9. The molecule has 8 nitrogen and oxygen atoms in total. The van der Waals surface area contributed by atoms with Crippen LogP contribution in [0.1, 0.15) is 19.8 Å². The third-order valence-corrected chi connectivity index (χ3v) is 6.82.